The Morgan fingerprint density at radius 2 is 2.13 bits per heavy atom. The summed E-state index contributed by atoms with van der Waals surface area (Å²) in [5.41, 5.74) is 6.94. The first-order valence-corrected chi connectivity index (χ1v) is 4.22. The van der Waals surface area contributed by atoms with E-state index in [1.807, 2.05) is 19.9 Å². The molecule has 15 heavy (non-hydrogen) atoms. The van der Waals surface area contributed by atoms with Crippen molar-refractivity contribution in [2.75, 3.05) is 0 Å². The van der Waals surface area contributed by atoms with Crippen LogP contribution in [0, 0.1) is 13.8 Å². The lowest BCUT2D eigenvalue weighted by Crippen LogP contribution is -2.14. The van der Waals surface area contributed by atoms with Gasteiger partial charge in [0.25, 0.3) is 5.96 Å². The van der Waals surface area contributed by atoms with E-state index in [4.69, 9.17) is 11.6 Å². The molecule has 0 atom stereocenters. The number of hydrogen-bond donors (Lipinski definition) is 2. The van der Waals surface area contributed by atoms with E-state index >= 15 is 0 Å². The monoisotopic (exact) mass is 207 g/mol. The van der Waals surface area contributed by atoms with Crippen LogP contribution in [0.1, 0.15) is 11.4 Å². The van der Waals surface area contributed by atoms with Crippen molar-refractivity contribution in [3.05, 3.63) is 29.9 Å². The van der Waals surface area contributed by atoms with Gasteiger partial charge in [-0.25, -0.2) is 4.68 Å². The fourth-order valence-corrected chi connectivity index (χ4v) is 1.06. The summed E-state index contributed by atoms with van der Waals surface area (Å²) in [6, 6.07) is 1.87. The van der Waals surface area contributed by atoms with Gasteiger partial charge in [-0.05, 0) is 19.9 Å². The van der Waals surface area contributed by atoms with Gasteiger partial charge in [-0.3, -0.25) is 0 Å². The Hall–Kier alpha value is -2.18. The van der Waals surface area contributed by atoms with Crippen LogP contribution in [0.4, 0.5) is 0 Å². The van der Waals surface area contributed by atoms with E-state index in [9.17, 15) is 0 Å². The highest BCUT2D eigenvalue weighted by atomic mass is 15.4. The Morgan fingerprint density at radius 1 is 1.47 bits per heavy atom. The van der Waals surface area contributed by atoms with Crippen LogP contribution in [0.2, 0.25) is 0 Å². The van der Waals surface area contributed by atoms with Crippen molar-refractivity contribution in [2.45, 2.75) is 13.8 Å². The molecule has 0 aliphatic rings. The molecule has 0 radical (unpaired) electrons. The van der Waals surface area contributed by atoms with Crippen LogP contribution in [0.25, 0.3) is 0 Å². The van der Waals surface area contributed by atoms with Crippen molar-refractivity contribution in [1.82, 2.24) is 9.78 Å². The number of nitrogens with two attached hydrogens (primary N) is 2. The zero-order valence-corrected chi connectivity index (χ0v) is 8.68. The molecule has 0 fully saturated rings. The van der Waals surface area contributed by atoms with Crippen molar-refractivity contribution in [2.24, 2.45) is 26.9 Å². The molecule has 7 nitrogen and oxygen atoms in total. The summed E-state index contributed by atoms with van der Waals surface area (Å²) < 4.78 is 1.47. The van der Waals surface area contributed by atoms with Gasteiger partial charge >= 0.3 is 0 Å². The highest BCUT2D eigenvalue weighted by molar-refractivity contribution is 5.82. The van der Waals surface area contributed by atoms with Crippen molar-refractivity contribution in [3.8, 4) is 0 Å². The molecular weight excluding hydrogens is 194 g/mol. The van der Waals surface area contributed by atoms with Gasteiger partial charge in [0.15, 0.2) is 0 Å². The molecule has 0 saturated heterocycles. The molecular formula is C8H13N7. The summed E-state index contributed by atoms with van der Waals surface area (Å²) in [5, 5.41) is 14.9. The maximum absolute atomic E-state index is 5.24. The van der Waals surface area contributed by atoms with Crippen LogP contribution in [0.5, 0.6) is 0 Å². The van der Waals surface area contributed by atoms with E-state index in [0.29, 0.717) is 0 Å². The Labute approximate surface area is 87.2 Å². The fraction of sp³-hybridized carbons (Fsp3) is 0.250. The van der Waals surface area contributed by atoms with Crippen LogP contribution in [0.3, 0.4) is 0 Å². The average Bonchev–Trinajstić information content (AvgIpc) is 2.46. The number of hydrogen-bond acceptors (Lipinski definition) is 5. The molecule has 0 unspecified atom stereocenters. The number of nitrogens with zero attached hydrogens (tertiary/aromatic N) is 5. The SMILES string of the molecule is C=C(N)/N=N\C(=N/N)n1nc(C)cc1C. The van der Waals surface area contributed by atoms with Gasteiger partial charge < -0.3 is 11.6 Å². The number of aromatic nitrogens is 2. The van der Waals surface area contributed by atoms with Gasteiger partial charge in [-0.1, -0.05) is 6.58 Å². The topological polar surface area (TPSA) is 107 Å². The highest BCUT2D eigenvalue weighted by Crippen LogP contribution is 2.02. The number of rotatable bonds is 1. The Kier molecular flexibility index (Phi) is 3.17. The summed E-state index contributed by atoms with van der Waals surface area (Å²) >= 11 is 0. The molecule has 1 rings (SSSR count). The van der Waals surface area contributed by atoms with E-state index < -0.39 is 0 Å². The van der Waals surface area contributed by atoms with E-state index in [1.165, 1.54) is 4.68 Å². The summed E-state index contributed by atoms with van der Waals surface area (Å²) in [5.74, 6) is 5.41. The molecule has 0 bridgehead atoms. The van der Waals surface area contributed by atoms with Crippen molar-refractivity contribution in [1.29, 1.82) is 0 Å². The molecule has 1 aromatic rings. The third-order valence-corrected chi connectivity index (χ3v) is 1.58. The first kappa shape index (κ1) is 10.9. The molecule has 1 aromatic heterocycles. The molecule has 0 spiro atoms. The standard InChI is InChI=1S/C8H13N7/c1-5-4-6(2)15(14-5)8(11-10)13-12-7(3)9/h4H,3,9-10H2,1-2H3/b11-8+,13-12-. The van der Waals surface area contributed by atoms with Crippen molar-refractivity contribution >= 4 is 5.96 Å². The second-order valence-corrected chi connectivity index (χ2v) is 2.96. The predicted octanol–water partition coefficient (Wildman–Crippen LogP) is 0.460. The molecule has 1 heterocycles. The molecule has 80 valence electrons. The molecule has 4 N–H and O–H groups in total. The van der Waals surface area contributed by atoms with Gasteiger partial charge in [-0.15, -0.1) is 15.3 Å². The molecule has 0 amide bonds. The van der Waals surface area contributed by atoms with E-state index in [-0.39, 0.29) is 11.8 Å². The second-order valence-electron chi connectivity index (χ2n) is 2.96. The van der Waals surface area contributed by atoms with Gasteiger partial charge in [0, 0.05) is 5.69 Å². The summed E-state index contributed by atoms with van der Waals surface area (Å²) in [7, 11) is 0. The Bertz CT molecular complexity index is 426. The molecule has 0 aliphatic carbocycles. The lowest BCUT2D eigenvalue weighted by Gasteiger charge is -1.99. The van der Waals surface area contributed by atoms with E-state index in [1.54, 1.807) is 0 Å². The van der Waals surface area contributed by atoms with Gasteiger partial charge in [0.1, 0.15) is 5.82 Å². The second kappa shape index (κ2) is 4.36. The minimum atomic E-state index is 0.0812. The normalized spacial score (nSPS) is 12.3. The number of azo groups is 1. The maximum atomic E-state index is 5.24. The van der Waals surface area contributed by atoms with Gasteiger partial charge in [0.05, 0.1) is 5.69 Å². The zero-order valence-electron chi connectivity index (χ0n) is 8.68. The highest BCUT2D eigenvalue weighted by Gasteiger charge is 2.06. The zero-order chi connectivity index (χ0) is 11.4. The third-order valence-electron chi connectivity index (χ3n) is 1.58. The van der Waals surface area contributed by atoms with Gasteiger partial charge in [0.2, 0.25) is 0 Å². The smallest absolute Gasteiger partial charge is 0.286 e. The summed E-state index contributed by atoms with van der Waals surface area (Å²) in [4.78, 5) is 0. The van der Waals surface area contributed by atoms with Gasteiger partial charge in [-0.2, -0.15) is 5.10 Å². The molecule has 7 heteroatoms. The predicted molar refractivity (Wildman–Crippen MR) is 56.9 cm³/mol. The van der Waals surface area contributed by atoms with E-state index in [0.717, 1.165) is 11.4 Å². The molecule has 0 aliphatic heterocycles. The van der Waals surface area contributed by atoms with Crippen LogP contribution >= 0.6 is 0 Å². The maximum Gasteiger partial charge on any atom is 0.286 e. The van der Waals surface area contributed by atoms with Crippen LogP contribution in [-0.2, 0) is 0 Å². The summed E-state index contributed by atoms with van der Waals surface area (Å²) in [6.45, 7) is 7.09. The Balaban J connectivity index is 3.04. The largest absolute Gasteiger partial charge is 0.383 e. The third kappa shape index (κ3) is 2.63. The average molecular weight is 207 g/mol. The lowest BCUT2D eigenvalue weighted by atomic mass is 10.4. The van der Waals surface area contributed by atoms with Crippen LogP contribution < -0.4 is 11.6 Å². The van der Waals surface area contributed by atoms with Crippen LogP contribution in [-0.4, -0.2) is 15.7 Å². The first-order chi connectivity index (χ1) is 7.04. The number of aryl methyl sites for hydroxylation is 2. The van der Waals surface area contributed by atoms with Crippen molar-refractivity contribution < 1.29 is 0 Å². The van der Waals surface area contributed by atoms with E-state index in [2.05, 4.69) is 27.0 Å². The van der Waals surface area contributed by atoms with Crippen LogP contribution in [0.15, 0.2) is 33.8 Å². The minimum absolute atomic E-state index is 0.0812. The minimum Gasteiger partial charge on any atom is -0.383 e. The molecule has 0 saturated carbocycles. The number of hydrazone groups is 1. The lowest BCUT2D eigenvalue weighted by molar-refractivity contribution is 0.849. The first-order valence-electron chi connectivity index (χ1n) is 4.22. The summed E-state index contributed by atoms with van der Waals surface area (Å²) in [6.07, 6.45) is 0. The van der Waals surface area contributed by atoms with Crippen molar-refractivity contribution in [3.63, 3.8) is 0 Å². The quantitative estimate of drug-likeness (QED) is 0.229. The fourth-order valence-electron chi connectivity index (χ4n) is 1.06. The Morgan fingerprint density at radius 3 is 2.53 bits per heavy atom. The molecule has 0 aromatic carbocycles.